The molecule has 0 saturated heterocycles. The van der Waals surface area contributed by atoms with Crippen LogP contribution in [0, 0.1) is 3.70 Å². The normalized spacial score (nSPS) is 10.8. The van der Waals surface area contributed by atoms with Gasteiger partial charge in [0.2, 0.25) is 0 Å². The van der Waals surface area contributed by atoms with Crippen molar-refractivity contribution in [3.63, 3.8) is 0 Å². The maximum absolute atomic E-state index is 13.1. The van der Waals surface area contributed by atoms with E-state index in [2.05, 4.69) is 20.9 Å². The van der Waals surface area contributed by atoms with Gasteiger partial charge in [0.1, 0.15) is 3.70 Å². The summed E-state index contributed by atoms with van der Waals surface area (Å²) in [6, 6.07) is 0. The van der Waals surface area contributed by atoms with Crippen molar-refractivity contribution < 1.29 is 18.3 Å². The molecular weight excluding hydrogens is 423 g/mol. The van der Waals surface area contributed by atoms with Gasteiger partial charge in [-0.1, -0.05) is 15.9 Å². The zero-order valence-corrected chi connectivity index (χ0v) is 13.3. The molecule has 1 aromatic heterocycles. The quantitative estimate of drug-likeness (QED) is 0.308. The monoisotopic (exact) mass is 433 g/mol. The average Bonchev–Trinajstić information content (AvgIpc) is 2.30. The number of carbonyl (C=O) groups excluding carboxylic acids is 1. The maximum Gasteiger partial charge on any atom is 0.310 e. The van der Waals surface area contributed by atoms with Crippen LogP contribution < -0.4 is 0 Å². The topological polar surface area (TPSA) is 39.2 Å². The van der Waals surface area contributed by atoms with Gasteiger partial charge in [0, 0.05) is 22.7 Å². The highest BCUT2D eigenvalue weighted by Gasteiger charge is 2.22. The van der Waals surface area contributed by atoms with Crippen LogP contribution in [0.25, 0.3) is 0 Å². The maximum atomic E-state index is 13.1. The first-order chi connectivity index (χ1) is 8.51. The molecule has 18 heavy (non-hydrogen) atoms. The van der Waals surface area contributed by atoms with E-state index in [4.69, 9.17) is 4.74 Å². The van der Waals surface area contributed by atoms with E-state index in [0.29, 0.717) is 9.26 Å². The highest BCUT2D eigenvalue weighted by Crippen LogP contribution is 2.30. The lowest BCUT2D eigenvalue weighted by molar-refractivity contribution is -0.142. The van der Waals surface area contributed by atoms with Crippen molar-refractivity contribution in [3.05, 3.63) is 26.6 Å². The number of esters is 1. The molecule has 0 spiro atoms. The number of hydrogen-bond acceptors (Lipinski definition) is 3. The zero-order valence-electron chi connectivity index (χ0n) is 9.55. The summed E-state index contributed by atoms with van der Waals surface area (Å²) in [6.07, 6.45) is -1.51. The molecule has 1 heterocycles. The summed E-state index contributed by atoms with van der Waals surface area (Å²) in [6.45, 7) is 1.90. The molecule has 0 atom stereocenters. The summed E-state index contributed by atoms with van der Waals surface area (Å²) in [4.78, 5) is 15.4. The number of pyridine rings is 1. The van der Waals surface area contributed by atoms with Crippen LogP contribution in [-0.4, -0.2) is 17.6 Å². The number of halogens is 4. The third-order valence-corrected chi connectivity index (χ3v) is 3.74. The van der Waals surface area contributed by atoms with Crippen LogP contribution in [0.1, 0.15) is 30.0 Å². The van der Waals surface area contributed by atoms with E-state index in [1.165, 1.54) is 6.20 Å². The van der Waals surface area contributed by atoms with E-state index in [1.54, 1.807) is 6.92 Å². The first-order valence-corrected chi connectivity index (χ1v) is 7.37. The van der Waals surface area contributed by atoms with E-state index in [1.807, 2.05) is 22.6 Å². The van der Waals surface area contributed by atoms with E-state index in [-0.39, 0.29) is 29.5 Å². The first-order valence-electron chi connectivity index (χ1n) is 5.17. The molecule has 0 aliphatic heterocycles. The van der Waals surface area contributed by atoms with Crippen LogP contribution in [-0.2, 0) is 21.3 Å². The zero-order chi connectivity index (χ0) is 13.7. The van der Waals surface area contributed by atoms with Gasteiger partial charge in [-0.2, -0.15) is 0 Å². The lowest BCUT2D eigenvalue weighted by Crippen LogP contribution is -2.12. The molecule has 7 heteroatoms. The van der Waals surface area contributed by atoms with E-state index >= 15 is 0 Å². The predicted octanol–water partition coefficient (Wildman–Crippen LogP) is 3.62. The second kappa shape index (κ2) is 7.32. The van der Waals surface area contributed by atoms with Gasteiger partial charge in [0.15, 0.2) is 0 Å². The highest BCUT2D eigenvalue weighted by atomic mass is 127. The van der Waals surface area contributed by atoms with Crippen molar-refractivity contribution in [2.75, 3.05) is 6.61 Å². The molecular formula is C11H11BrF2INO2. The smallest absolute Gasteiger partial charge is 0.310 e. The molecule has 0 aliphatic rings. The summed E-state index contributed by atoms with van der Waals surface area (Å²) in [7, 11) is 0. The van der Waals surface area contributed by atoms with Crippen molar-refractivity contribution in [3.8, 4) is 0 Å². The van der Waals surface area contributed by atoms with E-state index in [0.717, 1.165) is 0 Å². The van der Waals surface area contributed by atoms with Crippen LogP contribution in [0.3, 0.4) is 0 Å². The van der Waals surface area contributed by atoms with Gasteiger partial charge in [-0.25, -0.2) is 13.8 Å². The van der Waals surface area contributed by atoms with Gasteiger partial charge in [0.25, 0.3) is 6.43 Å². The molecule has 3 nitrogen and oxygen atoms in total. The molecule has 0 aliphatic carbocycles. The highest BCUT2D eigenvalue weighted by molar-refractivity contribution is 14.1. The number of aromatic nitrogens is 1. The molecule has 1 rings (SSSR count). The summed E-state index contributed by atoms with van der Waals surface area (Å²) in [5.74, 6) is -0.525. The Bertz CT molecular complexity index is 443. The van der Waals surface area contributed by atoms with Crippen LogP contribution in [0.2, 0.25) is 0 Å². The Kier molecular flexibility index (Phi) is 6.40. The third kappa shape index (κ3) is 3.84. The van der Waals surface area contributed by atoms with Gasteiger partial charge < -0.3 is 4.74 Å². The lowest BCUT2D eigenvalue weighted by Gasteiger charge is -2.13. The Labute approximate surface area is 126 Å². The Morgan fingerprint density at radius 1 is 1.61 bits per heavy atom. The summed E-state index contributed by atoms with van der Waals surface area (Å²) < 4.78 is 31.4. The van der Waals surface area contributed by atoms with Crippen molar-refractivity contribution in [1.82, 2.24) is 4.98 Å². The lowest BCUT2D eigenvalue weighted by atomic mass is 10.0. The molecule has 0 fully saturated rings. The molecule has 0 amide bonds. The SMILES string of the molecule is CCOC(=O)Cc1cnc(I)c(CBr)c1C(F)F. The number of nitrogens with zero attached hydrogens (tertiary/aromatic N) is 1. The molecule has 0 bridgehead atoms. The number of ether oxygens (including phenoxy) is 1. The van der Waals surface area contributed by atoms with Crippen LogP contribution in [0.4, 0.5) is 8.78 Å². The Morgan fingerprint density at radius 3 is 2.78 bits per heavy atom. The fraction of sp³-hybridized carbons (Fsp3) is 0.455. The van der Waals surface area contributed by atoms with Crippen molar-refractivity contribution >= 4 is 44.5 Å². The molecule has 0 radical (unpaired) electrons. The molecule has 0 saturated carbocycles. The van der Waals surface area contributed by atoms with Crippen LogP contribution >= 0.6 is 38.5 Å². The minimum atomic E-state index is -2.64. The van der Waals surface area contributed by atoms with Crippen molar-refractivity contribution in [1.29, 1.82) is 0 Å². The third-order valence-electron chi connectivity index (χ3n) is 2.25. The second-order valence-corrected chi connectivity index (χ2v) is 4.97. The predicted molar refractivity (Wildman–Crippen MR) is 74.9 cm³/mol. The van der Waals surface area contributed by atoms with Crippen molar-refractivity contribution in [2.45, 2.75) is 25.1 Å². The molecule has 0 unspecified atom stereocenters. The fourth-order valence-electron chi connectivity index (χ4n) is 1.49. The first kappa shape index (κ1) is 15.7. The summed E-state index contributed by atoms with van der Waals surface area (Å²) in [5.41, 5.74) is 0.519. The Morgan fingerprint density at radius 2 is 2.28 bits per heavy atom. The van der Waals surface area contributed by atoms with E-state index in [9.17, 15) is 13.6 Å². The number of rotatable bonds is 5. The molecule has 0 N–H and O–H groups in total. The Hall–Kier alpha value is -0.310. The van der Waals surface area contributed by atoms with E-state index < -0.39 is 12.4 Å². The average molecular weight is 434 g/mol. The molecule has 100 valence electrons. The van der Waals surface area contributed by atoms with Crippen molar-refractivity contribution in [2.24, 2.45) is 0 Å². The minimum absolute atomic E-state index is 0.126. The minimum Gasteiger partial charge on any atom is -0.466 e. The Balaban J connectivity index is 3.15. The van der Waals surface area contributed by atoms with Gasteiger partial charge in [0.05, 0.1) is 13.0 Å². The van der Waals surface area contributed by atoms with Gasteiger partial charge >= 0.3 is 5.97 Å². The number of hydrogen-bond donors (Lipinski definition) is 0. The van der Waals surface area contributed by atoms with Crippen LogP contribution in [0.15, 0.2) is 6.20 Å². The standard InChI is InChI=1S/C11H11BrF2INO2/c1-2-18-8(17)3-6-5-16-11(15)7(4-12)9(6)10(13)14/h5,10H,2-4H2,1H3. The molecule has 0 aromatic carbocycles. The largest absolute Gasteiger partial charge is 0.466 e. The van der Waals surface area contributed by atoms with Crippen LogP contribution in [0.5, 0.6) is 0 Å². The number of carbonyl (C=O) groups is 1. The second-order valence-electron chi connectivity index (χ2n) is 3.38. The molecule has 1 aromatic rings. The van der Waals surface area contributed by atoms with Gasteiger partial charge in [-0.05, 0) is 35.1 Å². The van der Waals surface area contributed by atoms with Gasteiger partial charge in [-0.15, -0.1) is 0 Å². The van der Waals surface area contributed by atoms with Gasteiger partial charge in [-0.3, -0.25) is 4.79 Å². The summed E-state index contributed by atoms with van der Waals surface area (Å²) >= 11 is 5.06. The fourth-order valence-corrected chi connectivity index (χ4v) is 3.21. The number of alkyl halides is 3. The summed E-state index contributed by atoms with van der Waals surface area (Å²) in [5, 5.41) is 0.272.